The van der Waals surface area contributed by atoms with Crippen LogP contribution >= 0.6 is 11.6 Å². The third-order valence-electron chi connectivity index (χ3n) is 8.13. The normalized spacial score (nSPS) is 31.8. The van der Waals surface area contributed by atoms with Crippen molar-refractivity contribution in [3.8, 4) is 0 Å². The van der Waals surface area contributed by atoms with Crippen molar-refractivity contribution in [1.29, 1.82) is 0 Å². The lowest BCUT2D eigenvalue weighted by Gasteiger charge is -2.38. The van der Waals surface area contributed by atoms with Crippen molar-refractivity contribution in [2.45, 2.75) is 36.6 Å². The summed E-state index contributed by atoms with van der Waals surface area (Å²) in [7, 11) is 0. The molecule has 39 heavy (non-hydrogen) atoms. The molecule has 9 heteroatoms. The Kier molecular flexibility index (Phi) is 6.79. The first-order valence-electron chi connectivity index (χ1n) is 13.2. The summed E-state index contributed by atoms with van der Waals surface area (Å²) in [5, 5.41) is 11.0. The predicted octanol–water partition coefficient (Wildman–Crippen LogP) is 3.45. The van der Waals surface area contributed by atoms with Crippen molar-refractivity contribution in [3.05, 3.63) is 89.5 Å². The van der Waals surface area contributed by atoms with E-state index < -0.39 is 60.0 Å². The fourth-order valence-corrected chi connectivity index (χ4v) is 6.68. The molecule has 6 atom stereocenters. The van der Waals surface area contributed by atoms with Gasteiger partial charge >= 0.3 is 5.97 Å². The molecule has 0 aliphatic carbocycles. The third-order valence-corrected chi connectivity index (χ3v) is 8.44. The van der Waals surface area contributed by atoms with Gasteiger partial charge in [-0.3, -0.25) is 14.4 Å². The highest BCUT2D eigenvalue weighted by Crippen LogP contribution is 2.55. The zero-order valence-electron chi connectivity index (χ0n) is 21.2. The Balaban J connectivity index is 1.52. The van der Waals surface area contributed by atoms with Crippen LogP contribution in [0.3, 0.4) is 0 Å². The van der Waals surface area contributed by atoms with E-state index in [-0.39, 0.29) is 13.2 Å². The number of fused-ring (bicyclic) bond motifs is 2. The molecule has 202 valence electrons. The Morgan fingerprint density at radius 2 is 1.79 bits per heavy atom. The molecule has 8 nitrogen and oxygen atoms in total. The first-order valence-corrected chi connectivity index (χ1v) is 13.6. The maximum absolute atomic E-state index is 14.5. The van der Waals surface area contributed by atoms with Crippen LogP contribution in [0, 0.1) is 11.8 Å². The average Bonchev–Trinajstić information content (AvgIpc) is 3.35. The van der Waals surface area contributed by atoms with Crippen LogP contribution in [0.4, 0.5) is 5.69 Å². The summed E-state index contributed by atoms with van der Waals surface area (Å²) in [6.07, 6.45) is 7.95. The Bertz CT molecular complexity index is 1350. The zero-order chi connectivity index (χ0) is 27.1. The van der Waals surface area contributed by atoms with Crippen LogP contribution in [0.25, 0.3) is 0 Å². The number of cyclic esters (lactones) is 1. The second-order valence-electron chi connectivity index (χ2n) is 10.2. The number of allylic oxidation sites excluding steroid dienone is 1. The number of aliphatic hydroxyl groups excluding tert-OH is 1. The summed E-state index contributed by atoms with van der Waals surface area (Å²) in [5.74, 6) is -3.29. The Morgan fingerprint density at radius 3 is 2.56 bits per heavy atom. The Labute approximate surface area is 231 Å². The first kappa shape index (κ1) is 25.8. The van der Waals surface area contributed by atoms with Crippen LogP contribution in [0.1, 0.15) is 24.4 Å². The van der Waals surface area contributed by atoms with E-state index in [2.05, 4.69) is 0 Å². The largest absolute Gasteiger partial charge is 0.465 e. The lowest BCUT2D eigenvalue weighted by molar-refractivity contribution is -0.155. The maximum atomic E-state index is 14.5. The molecule has 2 amide bonds. The number of likely N-dealkylation sites (tertiary alicyclic amines) is 1. The number of hydrogen-bond acceptors (Lipinski definition) is 6. The van der Waals surface area contributed by atoms with E-state index in [0.717, 1.165) is 0 Å². The summed E-state index contributed by atoms with van der Waals surface area (Å²) in [6.45, 7) is 0.0199. The van der Waals surface area contributed by atoms with Crippen LogP contribution in [0.2, 0.25) is 5.02 Å². The van der Waals surface area contributed by atoms with Gasteiger partial charge < -0.3 is 24.4 Å². The standard InChI is InChI=1S/C30H29ClN2O6/c31-20-12-6-7-13-21(20)32-16-9-15-30-25(24-23(39-30)14-5-2-8-17-38-29(24)37)27(35)33(26(30)28(32)36)22(18-34)19-10-3-1-4-11-19/h1,3-7,9-15,22-26,34H,2,8,16-18H2/b14-5-/t22-,23-,24+,25+,26?,30+/m1/s1. The van der Waals surface area contributed by atoms with E-state index >= 15 is 0 Å². The molecule has 0 radical (unpaired) electrons. The number of carbonyl (C=O) groups excluding carboxylic acids is 3. The number of halogens is 1. The summed E-state index contributed by atoms with van der Waals surface area (Å²) in [6, 6.07) is 14.1. The third kappa shape index (κ3) is 4.09. The lowest BCUT2D eigenvalue weighted by Crippen LogP contribution is -2.56. The molecule has 2 fully saturated rings. The Morgan fingerprint density at radius 1 is 1.03 bits per heavy atom. The van der Waals surface area contributed by atoms with Crippen molar-refractivity contribution in [1.82, 2.24) is 4.90 Å². The van der Waals surface area contributed by atoms with Gasteiger partial charge in [0.15, 0.2) is 0 Å². The van der Waals surface area contributed by atoms with Gasteiger partial charge in [-0.25, -0.2) is 0 Å². The SMILES string of the molecule is O=C1OCCC/C=C\[C@H]2O[C@]34C=CCN(c5ccccc5Cl)C(=O)C3N([C@H](CO)c3ccccc3)C(=O)[C@@H]4[C@@H]12. The topological polar surface area (TPSA) is 96.4 Å². The number of carbonyl (C=O) groups is 3. The summed E-state index contributed by atoms with van der Waals surface area (Å²) in [5.41, 5.74) is -0.270. The van der Waals surface area contributed by atoms with E-state index in [4.69, 9.17) is 21.1 Å². The number of rotatable bonds is 4. The minimum Gasteiger partial charge on any atom is -0.465 e. The molecule has 2 aromatic rings. The highest BCUT2D eigenvalue weighted by atomic mass is 35.5. The number of amides is 2. The van der Waals surface area contributed by atoms with Gasteiger partial charge in [-0.15, -0.1) is 0 Å². The molecule has 4 aliphatic rings. The molecular formula is C30H29ClN2O6. The minimum absolute atomic E-state index is 0.198. The number of benzene rings is 2. The van der Waals surface area contributed by atoms with E-state index in [1.165, 1.54) is 9.80 Å². The number of anilines is 1. The van der Waals surface area contributed by atoms with Crippen LogP contribution in [0.15, 0.2) is 78.9 Å². The number of nitrogens with zero attached hydrogens (tertiary/aromatic N) is 2. The predicted molar refractivity (Wildman–Crippen MR) is 144 cm³/mol. The van der Waals surface area contributed by atoms with Crippen molar-refractivity contribution < 1.29 is 29.0 Å². The molecule has 0 aromatic heterocycles. The summed E-state index contributed by atoms with van der Waals surface area (Å²) >= 11 is 6.51. The fourth-order valence-electron chi connectivity index (χ4n) is 6.45. The Hall–Kier alpha value is -3.46. The van der Waals surface area contributed by atoms with Gasteiger partial charge in [0, 0.05) is 6.54 Å². The zero-order valence-corrected chi connectivity index (χ0v) is 21.9. The fraction of sp³-hybridized carbons (Fsp3) is 0.367. The van der Waals surface area contributed by atoms with Gasteiger partial charge in [0.05, 0.1) is 42.0 Å². The molecule has 1 spiro atoms. The van der Waals surface area contributed by atoms with Gasteiger partial charge in [-0.1, -0.05) is 78.4 Å². The van der Waals surface area contributed by atoms with Gasteiger partial charge in [-0.2, -0.15) is 0 Å². The molecule has 1 N–H and O–H groups in total. The van der Waals surface area contributed by atoms with E-state index in [0.29, 0.717) is 29.1 Å². The quantitative estimate of drug-likeness (QED) is 0.464. The summed E-state index contributed by atoms with van der Waals surface area (Å²) < 4.78 is 12.2. The molecule has 0 bridgehead atoms. The summed E-state index contributed by atoms with van der Waals surface area (Å²) in [4.78, 5) is 45.3. The highest BCUT2D eigenvalue weighted by molar-refractivity contribution is 6.34. The first-order chi connectivity index (χ1) is 19.0. The average molecular weight is 549 g/mol. The minimum atomic E-state index is -1.44. The smallest absolute Gasteiger partial charge is 0.312 e. The van der Waals surface area contributed by atoms with Crippen molar-refractivity contribution in [2.24, 2.45) is 11.8 Å². The second-order valence-corrected chi connectivity index (χ2v) is 10.6. The van der Waals surface area contributed by atoms with Crippen molar-refractivity contribution >= 4 is 35.1 Å². The van der Waals surface area contributed by atoms with Gasteiger partial charge in [0.25, 0.3) is 5.91 Å². The van der Waals surface area contributed by atoms with Crippen LogP contribution < -0.4 is 4.90 Å². The highest BCUT2D eigenvalue weighted by Gasteiger charge is 2.72. The van der Waals surface area contributed by atoms with Crippen LogP contribution in [-0.2, 0) is 23.9 Å². The van der Waals surface area contributed by atoms with E-state index in [1.54, 1.807) is 48.6 Å². The molecule has 0 saturated carbocycles. The number of aliphatic hydroxyl groups is 1. The lowest BCUT2D eigenvalue weighted by atomic mass is 9.78. The number of hydrogen-bond donors (Lipinski definition) is 1. The molecule has 2 aromatic carbocycles. The molecule has 4 heterocycles. The molecule has 4 aliphatic heterocycles. The molecule has 1 unspecified atom stereocenters. The number of esters is 1. The second kappa shape index (κ2) is 10.3. The van der Waals surface area contributed by atoms with Gasteiger partial charge in [0.1, 0.15) is 17.6 Å². The number of ether oxygens (including phenoxy) is 2. The monoisotopic (exact) mass is 548 g/mol. The number of para-hydroxylation sites is 1. The van der Waals surface area contributed by atoms with Gasteiger partial charge in [-0.05, 0) is 30.5 Å². The van der Waals surface area contributed by atoms with Crippen LogP contribution in [0.5, 0.6) is 0 Å². The molecule has 6 rings (SSSR count). The maximum Gasteiger partial charge on any atom is 0.312 e. The molecule has 2 saturated heterocycles. The van der Waals surface area contributed by atoms with Crippen molar-refractivity contribution in [3.63, 3.8) is 0 Å². The van der Waals surface area contributed by atoms with Crippen LogP contribution in [-0.4, -0.2) is 65.3 Å². The molecular weight excluding hydrogens is 520 g/mol. The van der Waals surface area contributed by atoms with Gasteiger partial charge in [0.2, 0.25) is 5.91 Å². The van der Waals surface area contributed by atoms with Crippen molar-refractivity contribution in [2.75, 3.05) is 24.7 Å². The van der Waals surface area contributed by atoms with E-state index in [1.807, 2.05) is 30.4 Å². The van der Waals surface area contributed by atoms with E-state index in [9.17, 15) is 19.5 Å².